The second-order valence-corrected chi connectivity index (χ2v) is 0.859. The van der Waals surface area contributed by atoms with E-state index in [-0.39, 0.29) is 18.9 Å². The van der Waals surface area contributed by atoms with Crippen molar-refractivity contribution < 1.29 is 23.7 Å². The minimum absolute atomic E-state index is 0. The Balaban J connectivity index is 0.000000360. The number of allylic oxidation sites excluding steroid dienone is 2. The summed E-state index contributed by atoms with van der Waals surface area (Å²) >= 11 is 0. The molecule has 0 aromatic rings. The van der Waals surface area contributed by atoms with Gasteiger partial charge in [-0.25, -0.2) is 6.08 Å². The molecule has 1 heterocycles. The maximum Gasteiger partial charge on any atom is 1.00 e. The second-order valence-electron chi connectivity index (χ2n) is 0.859. The van der Waals surface area contributed by atoms with Crippen molar-refractivity contribution in [2.75, 3.05) is 0 Å². The van der Waals surface area contributed by atoms with Gasteiger partial charge in [-0.05, 0) is 0 Å². The number of hydroxylamine groups is 1. The van der Waals surface area contributed by atoms with Gasteiger partial charge in [0.2, 0.25) is 0 Å². The summed E-state index contributed by atoms with van der Waals surface area (Å²) in [5.41, 5.74) is 2.39. The monoisotopic (exact) mass is 89.0 g/mol. The maximum atomic E-state index is 4.50. The van der Waals surface area contributed by atoms with E-state index in [0.717, 1.165) is 0 Å². The van der Waals surface area contributed by atoms with Crippen LogP contribution in [0.3, 0.4) is 0 Å². The molecule has 1 rings (SSSR count). The topological polar surface area (TPSA) is 21.3 Å². The first-order valence-corrected chi connectivity index (χ1v) is 1.65. The van der Waals surface area contributed by atoms with Crippen LogP contribution in [0.25, 0.3) is 0 Å². The maximum absolute atomic E-state index is 4.50. The van der Waals surface area contributed by atoms with Crippen LogP contribution in [-0.2, 0) is 4.84 Å². The number of hydrogen-bond acceptors (Lipinski definition) is 2. The van der Waals surface area contributed by atoms with Gasteiger partial charge in [-0.2, -0.15) is 6.08 Å². The zero-order chi connectivity index (χ0) is 4.24. The smallest absolute Gasteiger partial charge is 0.427 e. The average Bonchev–Trinajstić information content (AvgIpc) is 1.72. The molecule has 0 saturated carbocycles. The summed E-state index contributed by atoms with van der Waals surface area (Å²) in [7, 11) is 0. The first-order chi connectivity index (χ1) is 3.00. The molecule has 0 aromatic heterocycles. The summed E-state index contributed by atoms with van der Waals surface area (Å²) in [5, 5.41) is 0. The van der Waals surface area contributed by atoms with Crippen molar-refractivity contribution in [3.63, 3.8) is 0 Å². The van der Waals surface area contributed by atoms with Crippen LogP contribution in [0.1, 0.15) is 0 Å². The van der Waals surface area contributed by atoms with Gasteiger partial charge in [0.05, 0.1) is 0 Å². The van der Waals surface area contributed by atoms with Crippen molar-refractivity contribution in [1.82, 2.24) is 5.48 Å². The van der Waals surface area contributed by atoms with E-state index < -0.39 is 0 Å². The Kier molecular flexibility index (Phi) is 3.68. The normalized spacial score (nSPS) is 13.7. The SMILES string of the molecule is [C-]1=CC=CON1.[Li+]. The first kappa shape index (κ1) is 6.68. The average molecular weight is 89.0 g/mol. The van der Waals surface area contributed by atoms with E-state index in [1.54, 1.807) is 12.2 Å². The Morgan fingerprint density at radius 3 is 2.57 bits per heavy atom. The third kappa shape index (κ3) is 2.38. The minimum atomic E-state index is 0. The molecule has 0 fully saturated rings. The van der Waals surface area contributed by atoms with Crippen molar-refractivity contribution in [3.05, 3.63) is 24.6 Å². The summed E-state index contributed by atoms with van der Waals surface area (Å²) in [4.78, 5) is 4.50. The number of hydrogen-bond donors (Lipinski definition) is 1. The number of nitrogens with one attached hydrogen (secondary N) is 1. The molecule has 0 bridgehead atoms. The fraction of sp³-hybridized carbons (Fsp3) is 0. The fourth-order valence-electron chi connectivity index (χ4n) is 0.229. The van der Waals surface area contributed by atoms with E-state index in [1.807, 2.05) is 0 Å². The summed E-state index contributed by atoms with van der Waals surface area (Å²) in [6, 6.07) is 0. The van der Waals surface area contributed by atoms with Crippen LogP contribution >= 0.6 is 0 Å². The van der Waals surface area contributed by atoms with E-state index in [9.17, 15) is 0 Å². The molecule has 1 N–H and O–H groups in total. The van der Waals surface area contributed by atoms with Gasteiger partial charge in [-0.15, -0.1) is 6.20 Å². The van der Waals surface area contributed by atoms with E-state index in [2.05, 4.69) is 16.5 Å². The van der Waals surface area contributed by atoms with E-state index in [0.29, 0.717) is 0 Å². The van der Waals surface area contributed by atoms with Crippen LogP contribution in [0.4, 0.5) is 0 Å². The Morgan fingerprint density at radius 1 is 1.57 bits per heavy atom. The minimum Gasteiger partial charge on any atom is -0.427 e. The van der Waals surface area contributed by atoms with Crippen LogP contribution in [0.2, 0.25) is 0 Å². The second kappa shape index (κ2) is 3.85. The summed E-state index contributed by atoms with van der Waals surface area (Å²) < 4.78 is 0. The molecule has 1 aliphatic rings. The molecular weight excluding hydrogens is 85.0 g/mol. The fourth-order valence-corrected chi connectivity index (χ4v) is 0.229. The van der Waals surface area contributed by atoms with Crippen molar-refractivity contribution in [3.8, 4) is 0 Å². The van der Waals surface area contributed by atoms with E-state index in [1.165, 1.54) is 6.26 Å². The molecule has 0 atom stereocenters. The molecule has 0 spiro atoms. The van der Waals surface area contributed by atoms with Crippen LogP contribution in [-0.4, -0.2) is 0 Å². The molecular formula is C4H4LiNO. The molecule has 32 valence electrons. The van der Waals surface area contributed by atoms with Gasteiger partial charge in [0.15, 0.2) is 0 Å². The van der Waals surface area contributed by atoms with Gasteiger partial charge in [-0.1, -0.05) is 0 Å². The van der Waals surface area contributed by atoms with Crippen molar-refractivity contribution in [1.29, 1.82) is 0 Å². The van der Waals surface area contributed by atoms with Gasteiger partial charge in [0.25, 0.3) is 0 Å². The molecule has 0 saturated heterocycles. The molecule has 7 heavy (non-hydrogen) atoms. The molecule has 0 aromatic carbocycles. The van der Waals surface area contributed by atoms with Crippen molar-refractivity contribution in [2.24, 2.45) is 0 Å². The predicted octanol–water partition coefficient (Wildman–Crippen LogP) is -2.64. The van der Waals surface area contributed by atoms with Gasteiger partial charge < -0.3 is 10.3 Å². The molecule has 3 heteroatoms. The third-order valence-electron chi connectivity index (χ3n) is 0.444. The first-order valence-electron chi connectivity index (χ1n) is 1.65. The Hall–Kier alpha value is -0.323. The van der Waals surface area contributed by atoms with Crippen molar-refractivity contribution >= 4 is 0 Å². The number of rotatable bonds is 0. The largest absolute Gasteiger partial charge is 1.00 e. The summed E-state index contributed by atoms with van der Waals surface area (Å²) in [6.07, 6.45) is 7.61. The van der Waals surface area contributed by atoms with Crippen molar-refractivity contribution in [2.45, 2.75) is 0 Å². The Labute approximate surface area is 54.4 Å². The Morgan fingerprint density at radius 2 is 2.43 bits per heavy atom. The molecule has 0 unspecified atom stereocenters. The van der Waals surface area contributed by atoms with Crippen LogP contribution in [0.15, 0.2) is 18.4 Å². The van der Waals surface area contributed by atoms with Gasteiger partial charge in [-0.3, -0.25) is 0 Å². The van der Waals surface area contributed by atoms with Crippen LogP contribution in [0, 0.1) is 6.20 Å². The van der Waals surface area contributed by atoms with E-state index in [4.69, 9.17) is 0 Å². The van der Waals surface area contributed by atoms with Gasteiger partial charge >= 0.3 is 18.9 Å². The third-order valence-corrected chi connectivity index (χ3v) is 0.444. The molecule has 2 nitrogen and oxygen atoms in total. The molecule has 0 radical (unpaired) electrons. The zero-order valence-corrected chi connectivity index (χ0v) is 4.14. The van der Waals surface area contributed by atoms with Crippen LogP contribution < -0.4 is 24.3 Å². The predicted molar refractivity (Wildman–Crippen MR) is 21.2 cm³/mol. The molecule has 0 aliphatic carbocycles. The molecule has 0 amide bonds. The van der Waals surface area contributed by atoms with E-state index >= 15 is 0 Å². The quantitative estimate of drug-likeness (QED) is 0.258. The standard InChI is InChI=1S/C4H4NO.Li/c1-2-4-6-5-3-1;/h1-2,4-5H;/q-1;+1. The van der Waals surface area contributed by atoms with Gasteiger partial charge in [0.1, 0.15) is 0 Å². The van der Waals surface area contributed by atoms with Gasteiger partial charge in [0, 0.05) is 6.26 Å². The summed E-state index contributed by atoms with van der Waals surface area (Å²) in [6.45, 7) is 0. The summed E-state index contributed by atoms with van der Waals surface area (Å²) in [5.74, 6) is 0. The molecule has 1 aliphatic heterocycles. The van der Waals surface area contributed by atoms with Crippen LogP contribution in [0.5, 0.6) is 0 Å². The Bertz CT molecular complexity index is 77.7. The zero-order valence-electron chi connectivity index (χ0n) is 4.14.